The second kappa shape index (κ2) is 7.26. The molecular formula is C17H22N4O2. The molecule has 0 saturated heterocycles. The van der Waals surface area contributed by atoms with E-state index in [0.29, 0.717) is 18.3 Å². The number of nitro benzene ring substituents is 1. The Labute approximate surface area is 135 Å². The summed E-state index contributed by atoms with van der Waals surface area (Å²) in [6.45, 7) is 0.664. The number of anilines is 1. The van der Waals surface area contributed by atoms with E-state index in [4.69, 9.17) is 0 Å². The van der Waals surface area contributed by atoms with E-state index < -0.39 is 0 Å². The van der Waals surface area contributed by atoms with Crippen molar-refractivity contribution in [3.63, 3.8) is 0 Å². The highest BCUT2D eigenvalue weighted by atomic mass is 16.6. The lowest BCUT2D eigenvalue weighted by atomic mass is 10.1. The molecule has 0 amide bonds. The highest BCUT2D eigenvalue weighted by molar-refractivity contribution is 5.63. The van der Waals surface area contributed by atoms with Crippen molar-refractivity contribution in [1.29, 1.82) is 0 Å². The zero-order chi connectivity index (χ0) is 16.1. The molecular weight excluding hydrogens is 292 g/mol. The summed E-state index contributed by atoms with van der Waals surface area (Å²) < 4.78 is 1.95. The van der Waals surface area contributed by atoms with Crippen LogP contribution in [-0.4, -0.2) is 20.5 Å². The molecule has 1 fully saturated rings. The summed E-state index contributed by atoms with van der Waals surface area (Å²) in [5.41, 5.74) is 1.83. The molecule has 6 nitrogen and oxygen atoms in total. The molecule has 1 aliphatic rings. The summed E-state index contributed by atoms with van der Waals surface area (Å²) in [6.07, 6.45) is 12.5. The second-order valence-electron chi connectivity index (χ2n) is 6.18. The topological polar surface area (TPSA) is 73.0 Å². The molecule has 0 unspecified atom stereocenters. The first-order valence-electron chi connectivity index (χ1n) is 8.22. The first-order valence-corrected chi connectivity index (χ1v) is 8.22. The van der Waals surface area contributed by atoms with Gasteiger partial charge in [-0.05, 0) is 24.5 Å². The Kier molecular flexibility index (Phi) is 4.90. The number of imidazole rings is 1. The van der Waals surface area contributed by atoms with E-state index in [2.05, 4.69) is 10.3 Å². The molecule has 1 N–H and O–H groups in total. The number of nitro groups is 1. The van der Waals surface area contributed by atoms with Crippen molar-refractivity contribution in [2.45, 2.75) is 51.1 Å². The Balaban J connectivity index is 1.80. The zero-order valence-corrected chi connectivity index (χ0v) is 13.1. The predicted octanol–water partition coefficient (Wildman–Crippen LogP) is 3.97. The maximum Gasteiger partial charge on any atom is 0.292 e. The van der Waals surface area contributed by atoms with Crippen molar-refractivity contribution in [1.82, 2.24) is 9.55 Å². The van der Waals surface area contributed by atoms with Gasteiger partial charge in [0.25, 0.3) is 5.69 Å². The van der Waals surface area contributed by atoms with Gasteiger partial charge in [-0.25, -0.2) is 4.98 Å². The van der Waals surface area contributed by atoms with Crippen molar-refractivity contribution in [2.24, 2.45) is 0 Å². The molecule has 6 heteroatoms. The lowest BCUT2D eigenvalue weighted by molar-refractivity contribution is -0.384. The number of nitrogens with one attached hydrogen (secondary N) is 1. The summed E-state index contributed by atoms with van der Waals surface area (Å²) in [7, 11) is 0. The fourth-order valence-corrected chi connectivity index (χ4v) is 3.19. The minimum absolute atomic E-state index is 0.156. The number of nitrogens with zero attached hydrogens (tertiary/aromatic N) is 3. The molecule has 3 rings (SSSR count). The highest BCUT2D eigenvalue weighted by Gasteiger charge is 2.19. The Morgan fingerprint density at radius 3 is 2.70 bits per heavy atom. The number of aromatic nitrogens is 2. The molecule has 1 aliphatic carbocycles. The third-order valence-electron chi connectivity index (χ3n) is 4.40. The van der Waals surface area contributed by atoms with Gasteiger partial charge in [-0.3, -0.25) is 10.1 Å². The Hall–Kier alpha value is -2.37. The molecule has 1 aromatic carbocycles. The molecule has 0 spiro atoms. The summed E-state index contributed by atoms with van der Waals surface area (Å²) in [4.78, 5) is 15.0. The van der Waals surface area contributed by atoms with Crippen molar-refractivity contribution in [3.05, 3.63) is 52.6 Å². The van der Waals surface area contributed by atoms with Crippen LogP contribution in [0, 0.1) is 10.1 Å². The third kappa shape index (κ3) is 4.09. The Morgan fingerprint density at radius 1 is 1.26 bits per heavy atom. The van der Waals surface area contributed by atoms with E-state index in [0.717, 1.165) is 18.4 Å². The van der Waals surface area contributed by atoms with E-state index in [1.165, 1.54) is 25.7 Å². The van der Waals surface area contributed by atoms with Crippen molar-refractivity contribution in [2.75, 3.05) is 5.32 Å². The number of hydrogen-bond acceptors (Lipinski definition) is 4. The minimum Gasteiger partial charge on any atom is -0.377 e. The summed E-state index contributed by atoms with van der Waals surface area (Å²) in [5.74, 6) is 0. The molecule has 0 atom stereocenters. The second-order valence-corrected chi connectivity index (χ2v) is 6.18. The molecule has 2 aromatic rings. The van der Waals surface area contributed by atoms with Gasteiger partial charge < -0.3 is 9.88 Å². The average Bonchev–Trinajstić information content (AvgIpc) is 2.90. The van der Waals surface area contributed by atoms with Crippen molar-refractivity contribution >= 4 is 11.4 Å². The lowest BCUT2D eigenvalue weighted by Gasteiger charge is -2.18. The van der Waals surface area contributed by atoms with Gasteiger partial charge in [-0.15, -0.1) is 0 Å². The van der Waals surface area contributed by atoms with Crippen LogP contribution in [0.5, 0.6) is 0 Å². The van der Waals surface area contributed by atoms with Crippen LogP contribution in [0.25, 0.3) is 0 Å². The van der Waals surface area contributed by atoms with Crippen molar-refractivity contribution in [3.8, 4) is 0 Å². The van der Waals surface area contributed by atoms with Crippen LogP contribution >= 0.6 is 0 Å². The Bertz CT molecular complexity index is 647. The van der Waals surface area contributed by atoms with E-state index in [1.807, 2.05) is 22.9 Å². The lowest BCUT2D eigenvalue weighted by Crippen LogP contribution is -2.19. The molecule has 1 heterocycles. The van der Waals surface area contributed by atoms with Gasteiger partial charge in [0.05, 0.1) is 11.3 Å². The van der Waals surface area contributed by atoms with Crippen LogP contribution in [0.15, 0.2) is 36.9 Å². The molecule has 1 aromatic heterocycles. The maximum atomic E-state index is 11.3. The van der Waals surface area contributed by atoms with Gasteiger partial charge in [0, 0.05) is 31.0 Å². The first kappa shape index (κ1) is 15.5. The van der Waals surface area contributed by atoms with Gasteiger partial charge in [0.1, 0.15) is 5.69 Å². The standard InChI is InChI=1S/C17H22N4O2/c22-21(23)17-8-7-14(12-20-10-9-18-13-20)11-16(17)19-15-5-3-1-2-4-6-15/h7-11,13,15,19H,1-6,12H2. The summed E-state index contributed by atoms with van der Waals surface area (Å²) in [6, 6.07) is 5.66. The molecule has 0 radical (unpaired) electrons. The highest BCUT2D eigenvalue weighted by Crippen LogP contribution is 2.29. The van der Waals surface area contributed by atoms with Gasteiger partial charge >= 0.3 is 0 Å². The van der Waals surface area contributed by atoms with Crippen LogP contribution in [0.1, 0.15) is 44.1 Å². The normalized spacial score (nSPS) is 16.0. The van der Waals surface area contributed by atoms with E-state index >= 15 is 0 Å². The van der Waals surface area contributed by atoms with Crippen LogP contribution < -0.4 is 5.32 Å². The maximum absolute atomic E-state index is 11.3. The molecule has 0 aliphatic heterocycles. The van der Waals surface area contributed by atoms with E-state index in [9.17, 15) is 10.1 Å². The van der Waals surface area contributed by atoms with Crippen LogP contribution in [0.2, 0.25) is 0 Å². The zero-order valence-electron chi connectivity index (χ0n) is 13.1. The predicted molar refractivity (Wildman–Crippen MR) is 89.5 cm³/mol. The van der Waals surface area contributed by atoms with Crippen LogP contribution in [-0.2, 0) is 6.54 Å². The van der Waals surface area contributed by atoms with Crippen molar-refractivity contribution < 1.29 is 4.92 Å². The van der Waals surface area contributed by atoms with E-state index in [-0.39, 0.29) is 10.6 Å². The average molecular weight is 314 g/mol. The Morgan fingerprint density at radius 2 is 2.04 bits per heavy atom. The van der Waals surface area contributed by atoms with Crippen LogP contribution in [0.4, 0.5) is 11.4 Å². The number of hydrogen-bond donors (Lipinski definition) is 1. The quantitative estimate of drug-likeness (QED) is 0.515. The minimum atomic E-state index is -0.306. The monoisotopic (exact) mass is 314 g/mol. The van der Waals surface area contributed by atoms with Gasteiger partial charge in [0.15, 0.2) is 0 Å². The van der Waals surface area contributed by atoms with Crippen LogP contribution in [0.3, 0.4) is 0 Å². The molecule has 122 valence electrons. The SMILES string of the molecule is O=[N+]([O-])c1ccc(Cn2ccnc2)cc1NC1CCCCCC1. The van der Waals surface area contributed by atoms with Gasteiger partial charge in [-0.1, -0.05) is 31.7 Å². The fourth-order valence-electron chi connectivity index (χ4n) is 3.19. The number of rotatable bonds is 5. The smallest absolute Gasteiger partial charge is 0.292 e. The molecule has 1 saturated carbocycles. The molecule has 0 bridgehead atoms. The third-order valence-corrected chi connectivity index (χ3v) is 4.40. The first-order chi connectivity index (χ1) is 11.2. The molecule has 23 heavy (non-hydrogen) atoms. The fraction of sp³-hybridized carbons (Fsp3) is 0.471. The van der Waals surface area contributed by atoms with Gasteiger partial charge in [0.2, 0.25) is 0 Å². The summed E-state index contributed by atoms with van der Waals surface area (Å²) >= 11 is 0. The largest absolute Gasteiger partial charge is 0.377 e. The number of benzene rings is 1. The van der Waals surface area contributed by atoms with Gasteiger partial charge in [-0.2, -0.15) is 0 Å². The van der Waals surface area contributed by atoms with E-state index in [1.54, 1.807) is 18.6 Å². The summed E-state index contributed by atoms with van der Waals surface area (Å²) in [5, 5.41) is 14.7.